The van der Waals surface area contributed by atoms with E-state index in [0.29, 0.717) is 17.0 Å². The summed E-state index contributed by atoms with van der Waals surface area (Å²) in [6.07, 6.45) is 1.56. The number of H-pyrrole nitrogens is 1. The lowest BCUT2D eigenvalue weighted by atomic mass is 10.3. The van der Waals surface area contributed by atoms with Crippen molar-refractivity contribution in [2.45, 2.75) is 0 Å². The van der Waals surface area contributed by atoms with Gasteiger partial charge in [-0.15, -0.1) is 0 Å². The number of hydrogen-bond acceptors (Lipinski definition) is 3. The zero-order valence-electron chi connectivity index (χ0n) is 8.84. The number of furan rings is 1. The van der Waals surface area contributed by atoms with E-state index in [9.17, 15) is 4.79 Å². The molecule has 0 atom stereocenters. The molecule has 0 saturated carbocycles. The maximum absolute atomic E-state index is 11.8. The van der Waals surface area contributed by atoms with E-state index in [1.807, 2.05) is 18.2 Å². The zero-order chi connectivity index (χ0) is 11.7. The van der Waals surface area contributed by atoms with E-state index in [0.717, 1.165) is 5.52 Å². The summed E-state index contributed by atoms with van der Waals surface area (Å²) in [5.74, 6) is 0.0892. The topological polar surface area (TPSA) is 55.2 Å². The maximum atomic E-state index is 11.8. The van der Waals surface area contributed by atoms with Gasteiger partial charge in [-0.05, 0) is 12.1 Å². The van der Waals surface area contributed by atoms with Crippen molar-refractivity contribution in [1.82, 2.24) is 4.98 Å². The molecule has 3 rings (SSSR count). The van der Waals surface area contributed by atoms with Gasteiger partial charge in [0.25, 0.3) is 0 Å². The van der Waals surface area contributed by atoms with Crippen molar-refractivity contribution in [3.8, 4) is 5.75 Å². The largest absolute Gasteiger partial charge is 0.463 e. The Bertz CT molecular complexity index is 623. The number of esters is 1. The zero-order valence-corrected chi connectivity index (χ0v) is 8.84. The SMILES string of the molecule is O=C(Oc1ccccc1)c1cc2occc2[nH]1. The molecule has 1 N–H and O–H groups in total. The lowest BCUT2D eigenvalue weighted by Crippen LogP contribution is -2.08. The molecule has 2 heterocycles. The summed E-state index contributed by atoms with van der Waals surface area (Å²) in [4.78, 5) is 14.7. The van der Waals surface area contributed by atoms with Crippen molar-refractivity contribution in [3.63, 3.8) is 0 Å². The molecular weight excluding hydrogens is 218 g/mol. The summed E-state index contributed by atoms with van der Waals surface area (Å²) in [5.41, 5.74) is 1.80. The smallest absolute Gasteiger partial charge is 0.360 e. The van der Waals surface area contributed by atoms with Gasteiger partial charge < -0.3 is 14.1 Å². The minimum absolute atomic E-state index is 0.378. The average molecular weight is 227 g/mol. The van der Waals surface area contributed by atoms with Crippen molar-refractivity contribution in [2.75, 3.05) is 0 Å². The third kappa shape index (κ3) is 1.80. The number of hydrogen-bond donors (Lipinski definition) is 1. The lowest BCUT2D eigenvalue weighted by molar-refractivity contribution is 0.0729. The summed E-state index contributed by atoms with van der Waals surface area (Å²) in [7, 11) is 0. The second-order valence-electron chi connectivity index (χ2n) is 3.58. The number of ether oxygens (including phenoxy) is 1. The van der Waals surface area contributed by atoms with Gasteiger partial charge in [0.05, 0.1) is 11.8 Å². The van der Waals surface area contributed by atoms with E-state index in [4.69, 9.17) is 9.15 Å². The van der Waals surface area contributed by atoms with Crippen LogP contribution >= 0.6 is 0 Å². The fourth-order valence-electron chi connectivity index (χ4n) is 1.61. The molecule has 4 heteroatoms. The van der Waals surface area contributed by atoms with E-state index < -0.39 is 5.97 Å². The number of nitrogens with one attached hydrogen (secondary N) is 1. The Morgan fingerprint density at radius 3 is 2.76 bits per heavy atom. The van der Waals surface area contributed by atoms with E-state index in [2.05, 4.69) is 4.98 Å². The number of fused-ring (bicyclic) bond motifs is 1. The van der Waals surface area contributed by atoms with Crippen molar-refractivity contribution in [1.29, 1.82) is 0 Å². The number of aromatic nitrogens is 1. The number of rotatable bonds is 2. The van der Waals surface area contributed by atoms with Gasteiger partial charge >= 0.3 is 5.97 Å². The second-order valence-corrected chi connectivity index (χ2v) is 3.58. The highest BCUT2D eigenvalue weighted by Gasteiger charge is 2.13. The Morgan fingerprint density at radius 2 is 2.00 bits per heavy atom. The average Bonchev–Trinajstić information content (AvgIpc) is 2.90. The fraction of sp³-hybridized carbons (Fsp3) is 0. The van der Waals surface area contributed by atoms with E-state index in [-0.39, 0.29) is 0 Å². The summed E-state index contributed by atoms with van der Waals surface area (Å²) >= 11 is 0. The van der Waals surface area contributed by atoms with Crippen LogP contribution in [0.4, 0.5) is 0 Å². The molecule has 0 amide bonds. The Morgan fingerprint density at radius 1 is 1.18 bits per heavy atom. The standard InChI is InChI=1S/C13H9NO3/c15-13(17-9-4-2-1-3-5-9)11-8-12-10(14-11)6-7-16-12/h1-8,14H. The van der Waals surface area contributed by atoms with Crippen LogP contribution in [-0.2, 0) is 0 Å². The van der Waals surface area contributed by atoms with Crippen LogP contribution in [0.2, 0.25) is 0 Å². The Labute approximate surface area is 96.8 Å². The van der Waals surface area contributed by atoms with E-state index in [1.54, 1.807) is 30.5 Å². The van der Waals surface area contributed by atoms with Crippen LogP contribution in [0, 0.1) is 0 Å². The molecule has 84 valence electrons. The first-order chi connectivity index (χ1) is 8.33. The number of para-hydroxylation sites is 1. The lowest BCUT2D eigenvalue weighted by Gasteiger charge is -2.01. The maximum Gasteiger partial charge on any atom is 0.360 e. The Balaban J connectivity index is 1.85. The molecule has 0 saturated heterocycles. The van der Waals surface area contributed by atoms with Crippen molar-refractivity contribution >= 4 is 17.1 Å². The van der Waals surface area contributed by atoms with Crippen molar-refractivity contribution in [2.24, 2.45) is 0 Å². The third-order valence-corrected chi connectivity index (χ3v) is 2.41. The predicted octanol–water partition coefficient (Wildman–Crippen LogP) is 2.98. The first-order valence-corrected chi connectivity index (χ1v) is 5.16. The summed E-state index contributed by atoms with van der Waals surface area (Å²) < 4.78 is 10.3. The highest BCUT2D eigenvalue weighted by Crippen LogP contribution is 2.18. The molecule has 3 aromatic rings. The van der Waals surface area contributed by atoms with E-state index >= 15 is 0 Å². The van der Waals surface area contributed by atoms with Gasteiger partial charge in [0.2, 0.25) is 0 Å². The molecule has 4 nitrogen and oxygen atoms in total. The minimum atomic E-state index is -0.428. The molecule has 0 spiro atoms. The molecule has 0 fully saturated rings. The van der Waals surface area contributed by atoms with Crippen molar-refractivity contribution < 1.29 is 13.9 Å². The van der Waals surface area contributed by atoms with Crippen LogP contribution in [0.25, 0.3) is 11.1 Å². The molecule has 0 unspecified atom stereocenters. The summed E-state index contributed by atoms with van der Waals surface area (Å²) in [6, 6.07) is 12.3. The van der Waals surface area contributed by atoms with Gasteiger partial charge in [-0.3, -0.25) is 0 Å². The van der Waals surface area contributed by atoms with Gasteiger partial charge in [0.15, 0.2) is 5.58 Å². The molecule has 0 aliphatic rings. The Kier molecular flexibility index (Phi) is 2.19. The number of aromatic amines is 1. The number of carbonyl (C=O) groups is 1. The van der Waals surface area contributed by atoms with Crippen molar-refractivity contribution in [3.05, 3.63) is 54.4 Å². The van der Waals surface area contributed by atoms with Crippen LogP contribution in [-0.4, -0.2) is 11.0 Å². The molecule has 2 aromatic heterocycles. The monoisotopic (exact) mass is 227 g/mol. The van der Waals surface area contributed by atoms with Crippen LogP contribution in [0.15, 0.2) is 53.1 Å². The molecule has 0 aliphatic heterocycles. The van der Waals surface area contributed by atoms with Crippen LogP contribution < -0.4 is 4.74 Å². The van der Waals surface area contributed by atoms with Crippen LogP contribution in [0.3, 0.4) is 0 Å². The van der Waals surface area contributed by atoms with Gasteiger partial charge in [-0.25, -0.2) is 4.79 Å². The quantitative estimate of drug-likeness (QED) is 0.541. The molecule has 1 aromatic carbocycles. The molecule has 17 heavy (non-hydrogen) atoms. The first kappa shape index (κ1) is 9.72. The van der Waals surface area contributed by atoms with Gasteiger partial charge in [0.1, 0.15) is 11.4 Å². The van der Waals surface area contributed by atoms with Gasteiger partial charge in [-0.1, -0.05) is 18.2 Å². The first-order valence-electron chi connectivity index (χ1n) is 5.16. The minimum Gasteiger partial charge on any atom is -0.463 e. The van der Waals surface area contributed by atoms with Crippen LogP contribution in [0.5, 0.6) is 5.75 Å². The van der Waals surface area contributed by atoms with Gasteiger partial charge in [0, 0.05) is 12.1 Å². The molecule has 0 aliphatic carbocycles. The van der Waals surface area contributed by atoms with E-state index in [1.165, 1.54) is 0 Å². The van der Waals surface area contributed by atoms with Crippen LogP contribution in [0.1, 0.15) is 10.5 Å². The third-order valence-electron chi connectivity index (χ3n) is 2.41. The normalized spacial score (nSPS) is 10.6. The highest BCUT2D eigenvalue weighted by molar-refractivity contribution is 5.94. The van der Waals surface area contributed by atoms with Gasteiger partial charge in [-0.2, -0.15) is 0 Å². The second kappa shape index (κ2) is 3.83. The summed E-state index contributed by atoms with van der Waals surface area (Å²) in [5, 5.41) is 0. The molecule has 0 radical (unpaired) electrons. The predicted molar refractivity (Wildman–Crippen MR) is 62.0 cm³/mol. The Hall–Kier alpha value is -2.49. The number of benzene rings is 1. The summed E-state index contributed by atoms with van der Waals surface area (Å²) in [6.45, 7) is 0. The fourth-order valence-corrected chi connectivity index (χ4v) is 1.61. The number of carbonyl (C=O) groups excluding carboxylic acids is 1. The molecule has 0 bridgehead atoms. The molecular formula is C13H9NO3. The highest BCUT2D eigenvalue weighted by atomic mass is 16.5.